The predicted molar refractivity (Wildman–Crippen MR) is 76.9 cm³/mol. The zero-order chi connectivity index (χ0) is 14.7. The number of aromatic nitrogens is 3. The first-order valence-electron chi connectivity index (χ1n) is 6.16. The Morgan fingerprint density at radius 1 is 1.10 bits per heavy atom. The van der Waals surface area contributed by atoms with Crippen LogP contribution in [0.2, 0.25) is 0 Å². The minimum Gasteiger partial charge on any atom is -0.508 e. The number of pyridine rings is 1. The number of H-pyrrole nitrogens is 2. The molecule has 0 saturated heterocycles. The third-order valence-corrected chi connectivity index (χ3v) is 2.80. The van der Waals surface area contributed by atoms with Gasteiger partial charge in [-0.25, -0.2) is 0 Å². The molecule has 0 aliphatic rings. The molecule has 2 heterocycles. The van der Waals surface area contributed by atoms with Crippen LogP contribution in [0.5, 0.6) is 5.75 Å². The van der Waals surface area contributed by atoms with Gasteiger partial charge in [-0.1, -0.05) is 12.1 Å². The Balaban J connectivity index is 2.02. The monoisotopic (exact) mass is 281 g/mol. The lowest BCUT2D eigenvalue weighted by atomic mass is 10.1. The van der Waals surface area contributed by atoms with E-state index in [1.54, 1.807) is 42.7 Å². The summed E-state index contributed by atoms with van der Waals surface area (Å²) in [5.41, 5.74) is 1.39. The standard InChI is InChI=1S/C14H11N5O2/c20-11-5-1-3-9(7-11)12-13(14(21)19-17-12)18-16-10-4-2-6-15-8-10/h1-8,20H,(H2,17,19,21). The molecule has 3 rings (SSSR count). The minimum atomic E-state index is -0.388. The number of benzene rings is 1. The molecule has 0 aliphatic heterocycles. The van der Waals surface area contributed by atoms with Crippen LogP contribution in [0.4, 0.5) is 11.4 Å². The fourth-order valence-electron chi connectivity index (χ4n) is 1.84. The molecule has 0 amide bonds. The Labute approximate surface area is 119 Å². The van der Waals surface area contributed by atoms with Crippen molar-refractivity contribution < 1.29 is 5.11 Å². The Morgan fingerprint density at radius 2 is 2.00 bits per heavy atom. The molecule has 7 heteroatoms. The van der Waals surface area contributed by atoms with Crippen molar-refractivity contribution in [3.05, 3.63) is 59.1 Å². The highest BCUT2D eigenvalue weighted by Crippen LogP contribution is 2.28. The fraction of sp³-hybridized carbons (Fsp3) is 0. The van der Waals surface area contributed by atoms with Crippen LogP contribution in [0.3, 0.4) is 0 Å². The topological polar surface area (TPSA) is 106 Å². The summed E-state index contributed by atoms with van der Waals surface area (Å²) in [7, 11) is 0. The van der Waals surface area contributed by atoms with Crippen LogP contribution in [0.25, 0.3) is 11.3 Å². The second kappa shape index (κ2) is 5.41. The lowest BCUT2D eigenvalue weighted by molar-refractivity contribution is 0.475. The molecule has 0 aliphatic carbocycles. The molecule has 2 aromatic heterocycles. The quantitative estimate of drug-likeness (QED) is 0.642. The van der Waals surface area contributed by atoms with E-state index in [1.807, 2.05) is 0 Å². The number of nitrogens with one attached hydrogen (secondary N) is 2. The van der Waals surface area contributed by atoms with E-state index < -0.39 is 0 Å². The van der Waals surface area contributed by atoms with Gasteiger partial charge in [0.25, 0.3) is 5.56 Å². The van der Waals surface area contributed by atoms with E-state index in [0.29, 0.717) is 16.9 Å². The normalized spacial score (nSPS) is 11.0. The van der Waals surface area contributed by atoms with Crippen molar-refractivity contribution >= 4 is 11.4 Å². The summed E-state index contributed by atoms with van der Waals surface area (Å²) < 4.78 is 0. The molecule has 0 bridgehead atoms. The molecule has 0 radical (unpaired) electrons. The zero-order valence-corrected chi connectivity index (χ0v) is 10.8. The molecule has 0 atom stereocenters. The van der Waals surface area contributed by atoms with Crippen LogP contribution < -0.4 is 5.56 Å². The third kappa shape index (κ3) is 2.71. The lowest BCUT2D eigenvalue weighted by Gasteiger charge is -1.99. The number of rotatable bonds is 3. The van der Waals surface area contributed by atoms with Gasteiger partial charge < -0.3 is 5.11 Å². The Morgan fingerprint density at radius 3 is 2.76 bits per heavy atom. The minimum absolute atomic E-state index is 0.102. The number of phenols is 1. The van der Waals surface area contributed by atoms with E-state index in [1.165, 1.54) is 6.07 Å². The van der Waals surface area contributed by atoms with Crippen LogP contribution in [-0.2, 0) is 0 Å². The number of aromatic amines is 2. The first kappa shape index (κ1) is 12.8. The second-order valence-corrected chi connectivity index (χ2v) is 4.26. The van der Waals surface area contributed by atoms with Gasteiger partial charge in [0, 0.05) is 11.8 Å². The summed E-state index contributed by atoms with van der Waals surface area (Å²) in [4.78, 5) is 15.7. The number of aromatic hydroxyl groups is 1. The van der Waals surface area contributed by atoms with E-state index in [0.717, 1.165) is 0 Å². The maximum atomic E-state index is 11.8. The van der Waals surface area contributed by atoms with Crippen molar-refractivity contribution in [2.45, 2.75) is 0 Å². The van der Waals surface area contributed by atoms with E-state index in [2.05, 4.69) is 25.4 Å². The Bertz CT molecular complexity index is 836. The van der Waals surface area contributed by atoms with Gasteiger partial charge in [-0.05, 0) is 24.3 Å². The molecule has 0 saturated carbocycles. The van der Waals surface area contributed by atoms with E-state index in [9.17, 15) is 9.90 Å². The molecule has 0 spiro atoms. The van der Waals surface area contributed by atoms with Crippen molar-refractivity contribution in [1.29, 1.82) is 0 Å². The molecule has 3 N–H and O–H groups in total. The van der Waals surface area contributed by atoms with E-state index >= 15 is 0 Å². The average molecular weight is 281 g/mol. The summed E-state index contributed by atoms with van der Waals surface area (Å²) in [5, 5.41) is 22.7. The molecular formula is C14H11N5O2. The van der Waals surface area contributed by atoms with Crippen molar-refractivity contribution in [2.24, 2.45) is 10.2 Å². The van der Waals surface area contributed by atoms with Crippen molar-refractivity contribution in [1.82, 2.24) is 15.2 Å². The van der Waals surface area contributed by atoms with Gasteiger partial charge in [0.15, 0.2) is 5.69 Å². The fourth-order valence-corrected chi connectivity index (χ4v) is 1.84. The van der Waals surface area contributed by atoms with E-state index in [4.69, 9.17) is 0 Å². The summed E-state index contributed by atoms with van der Waals surface area (Å²) in [6, 6.07) is 9.96. The molecule has 0 unspecified atom stereocenters. The van der Waals surface area contributed by atoms with E-state index in [-0.39, 0.29) is 17.0 Å². The van der Waals surface area contributed by atoms with Gasteiger partial charge in [0.1, 0.15) is 11.4 Å². The number of hydrogen-bond donors (Lipinski definition) is 3. The number of phenolic OH excluding ortho intramolecular Hbond substituents is 1. The molecule has 1 aromatic carbocycles. The third-order valence-electron chi connectivity index (χ3n) is 2.80. The van der Waals surface area contributed by atoms with Crippen LogP contribution in [-0.4, -0.2) is 20.3 Å². The van der Waals surface area contributed by atoms with Gasteiger partial charge in [0.05, 0.1) is 11.9 Å². The summed E-state index contributed by atoms with van der Waals surface area (Å²) in [5.74, 6) is 0.102. The Hall–Kier alpha value is -3.22. The van der Waals surface area contributed by atoms with Gasteiger partial charge in [-0.3, -0.25) is 20.0 Å². The van der Waals surface area contributed by atoms with Gasteiger partial charge >= 0.3 is 0 Å². The Kier molecular flexibility index (Phi) is 3.30. The van der Waals surface area contributed by atoms with Gasteiger partial charge in [-0.15, -0.1) is 10.2 Å². The largest absolute Gasteiger partial charge is 0.508 e. The first-order valence-corrected chi connectivity index (χ1v) is 6.16. The van der Waals surface area contributed by atoms with Crippen LogP contribution in [0, 0.1) is 0 Å². The lowest BCUT2D eigenvalue weighted by Crippen LogP contribution is -1.96. The highest BCUT2D eigenvalue weighted by atomic mass is 16.3. The van der Waals surface area contributed by atoms with Crippen LogP contribution in [0.15, 0.2) is 63.8 Å². The summed E-state index contributed by atoms with van der Waals surface area (Å²) in [6.07, 6.45) is 3.17. The van der Waals surface area contributed by atoms with Crippen LogP contribution in [0.1, 0.15) is 0 Å². The van der Waals surface area contributed by atoms with Crippen LogP contribution >= 0.6 is 0 Å². The second-order valence-electron chi connectivity index (χ2n) is 4.26. The maximum Gasteiger partial charge on any atom is 0.292 e. The first-order chi connectivity index (χ1) is 10.2. The smallest absolute Gasteiger partial charge is 0.292 e. The average Bonchev–Trinajstić information content (AvgIpc) is 2.87. The number of hydrogen-bond acceptors (Lipinski definition) is 5. The van der Waals surface area contributed by atoms with Crippen molar-refractivity contribution in [3.8, 4) is 17.0 Å². The summed E-state index contributed by atoms with van der Waals surface area (Å²) in [6.45, 7) is 0. The van der Waals surface area contributed by atoms with Gasteiger partial charge in [-0.2, -0.15) is 0 Å². The number of nitrogens with zero attached hydrogens (tertiary/aromatic N) is 3. The predicted octanol–water partition coefficient (Wildman–Crippen LogP) is 2.89. The molecule has 7 nitrogen and oxygen atoms in total. The maximum absolute atomic E-state index is 11.8. The van der Waals surface area contributed by atoms with Gasteiger partial charge in [0.2, 0.25) is 0 Å². The highest BCUT2D eigenvalue weighted by Gasteiger charge is 2.11. The summed E-state index contributed by atoms with van der Waals surface area (Å²) >= 11 is 0. The molecule has 21 heavy (non-hydrogen) atoms. The SMILES string of the molecule is O=c1[nH][nH]c(-c2cccc(O)c2)c1N=Nc1cccnc1. The molecule has 0 fully saturated rings. The zero-order valence-electron chi connectivity index (χ0n) is 10.8. The molecule has 3 aromatic rings. The van der Waals surface area contributed by atoms with Crippen molar-refractivity contribution in [3.63, 3.8) is 0 Å². The van der Waals surface area contributed by atoms with Crippen molar-refractivity contribution in [2.75, 3.05) is 0 Å². The molecule has 104 valence electrons. The number of azo groups is 1. The molecular weight excluding hydrogens is 270 g/mol. The highest BCUT2D eigenvalue weighted by molar-refractivity contribution is 5.72.